The average molecular weight is 270 g/mol. The van der Waals surface area contributed by atoms with Gasteiger partial charge in [-0.15, -0.1) is 0 Å². The molecule has 4 heteroatoms. The molecule has 3 nitrogen and oxygen atoms in total. The summed E-state index contributed by atoms with van der Waals surface area (Å²) in [6, 6.07) is 0. The van der Waals surface area contributed by atoms with Crippen LogP contribution >= 0.6 is 22.6 Å². The fourth-order valence-electron chi connectivity index (χ4n) is 0.726. The molecule has 0 unspecified atom stereocenters. The first-order chi connectivity index (χ1) is 5.17. The molecule has 0 aromatic carbocycles. The Morgan fingerprint density at radius 2 is 2.18 bits per heavy atom. The zero-order valence-electron chi connectivity index (χ0n) is 6.56. The number of alkyl halides is 1. The molecule has 0 saturated heterocycles. The van der Waals surface area contributed by atoms with Crippen LogP contribution in [0.3, 0.4) is 0 Å². The largest absolute Gasteiger partial charge is 0.500 e. The molecule has 0 aliphatic heterocycles. The summed E-state index contributed by atoms with van der Waals surface area (Å²) in [6.45, 7) is 1.80. The number of carboxylic acids is 1. The summed E-state index contributed by atoms with van der Waals surface area (Å²) in [7, 11) is 1.49. The van der Waals surface area contributed by atoms with E-state index in [1.165, 1.54) is 7.11 Å². The van der Waals surface area contributed by atoms with Crippen LogP contribution in [0.4, 0.5) is 0 Å². The summed E-state index contributed by atoms with van der Waals surface area (Å²) < 4.78 is 5.51. The van der Waals surface area contributed by atoms with Gasteiger partial charge in [-0.2, -0.15) is 0 Å². The zero-order valence-corrected chi connectivity index (χ0v) is 8.71. The summed E-state index contributed by atoms with van der Waals surface area (Å²) in [6.07, 6.45) is 0.501. The molecule has 1 N–H and O–H groups in total. The maximum absolute atomic E-state index is 10.5. The van der Waals surface area contributed by atoms with Crippen molar-refractivity contribution < 1.29 is 14.6 Å². The highest BCUT2D eigenvalue weighted by Crippen LogP contribution is 2.12. The van der Waals surface area contributed by atoms with Crippen LogP contribution in [-0.4, -0.2) is 22.6 Å². The van der Waals surface area contributed by atoms with Crippen LogP contribution in [0, 0.1) is 0 Å². The minimum absolute atomic E-state index is 0.363. The van der Waals surface area contributed by atoms with Gasteiger partial charge in [-0.3, -0.25) is 0 Å². The summed E-state index contributed by atoms with van der Waals surface area (Å²) in [5.41, 5.74) is 0.363. The Morgan fingerprint density at radius 3 is 2.27 bits per heavy atom. The SMILES string of the molecule is CCC(C(=O)O)=C(CI)OC. The van der Waals surface area contributed by atoms with E-state index in [2.05, 4.69) is 22.6 Å². The van der Waals surface area contributed by atoms with Crippen molar-refractivity contribution in [2.45, 2.75) is 13.3 Å². The number of carbonyl (C=O) groups is 1. The Balaban J connectivity index is 4.62. The van der Waals surface area contributed by atoms with Gasteiger partial charge in [0.25, 0.3) is 0 Å². The van der Waals surface area contributed by atoms with E-state index in [-0.39, 0.29) is 0 Å². The van der Waals surface area contributed by atoms with Crippen LogP contribution < -0.4 is 0 Å². The van der Waals surface area contributed by atoms with Gasteiger partial charge in [0.1, 0.15) is 5.76 Å². The molecule has 0 atom stereocenters. The summed E-state index contributed by atoms with van der Waals surface area (Å²) in [5, 5.41) is 8.66. The Kier molecular flexibility index (Phi) is 5.27. The van der Waals surface area contributed by atoms with Crippen molar-refractivity contribution in [2.24, 2.45) is 0 Å². The number of ether oxygens (including phenoxy) is 1. The molecule has 0 aromatic heterocycles. The van der Waals surface area contributed by atoms with Crippen LogP contribution in [0.5, 0.6) is 0 Å². The van der Waals surface area contributed by atoms with Crippen molar-refractivity contribution in [1.82, 2.24) is 0 Å². The molecular formula is C7H11IO3. The minimum atomic E-state index is -0.888. The topological polar surface area (TPSA) is 46.5 Å². The number of methoxy groups -OCH3 is 1. The second-order valence-electron chi connectivity index (χ2n) is 1.90. The van der Waals surface area contributed by atoms with Gasteiger partial charge in [0, 0.05) is 0 Å². The maximum atomic E-state index is 10.5. The summed E-state index contributed by atoms with van der Waals surface area (Å²) in [5.74, 6) is -0.332. The molecule has 64 valence electrons. The van der Waals surface area contributed by atoms with Crippen LogP contribution in [0.15, 0.2) is 11.3 Å². The van der Waals surface area contributed by atoms with E-state index in [0.29, 0.717) is 22.2 Å². The van der Waals surface area contributed by atoms with Crippen molar-refractivity contribution in [3.8, 4) is 0 Å². The highest BCUT2D eigenvalue weighted by Gasteiger charge is 2.11. The molecule has 0 amide bonds. The Bertz CT molecular complexity index is 169. The molecule has 0 spiro atoms. The molecule has 0 fully saturated rings. The number of hydrogen-bond donors (Lipinski definition) is 1. The molecule has 0 bridgehead atoms. The van der Waals surface area contributed by atoms with Gasteiger partial charge < -0.3 is 9.84 Å². The standard InChI is InChI=1S/C7H11IO3/c1-3-5(7(9)10)6(4-8)11-2/h3-4H2,1-2H3,(H,9,10). The lowest BCUT2D eigenvalue weighted by molar-refractivity contribution is -0.133. The number of allylic oxidation sites excluding steroid dienone is 1. The van der Waals surface area contributed by atoms with Crippen LogP contribution in [-0.2, 0) is 9.53 Å². The lowest BCUT2D eigenvalue weighted by Gasteiger charge is -2.05. The number of rotatable bonds is 4. The van der Waals surface area contributed by atoms with Gasteiger partial charge in [-0.25, -0.2) is 4.79 Å². The van der Waals surface area contributed by atoms with Crippen molar-refractivity contribution in [2.75, 3.05) is 11.5 Å². The first-order valence-electron chi connectivity index (χ1n) is 3.22. The molecule has 0 aliphatic carbocycles. The number of halogens is 1. The normalized spacial score (nSPS) is 12.3. The second kappa shape index (κ2) is 5.40. The van der Waals surface area contributed by atoms with Gasteiger partial charge in [-0.1, -0.05) is 29.5 Å². The van der Waals surface area contributed by atoms with Crippen LogP contribution in [0.2, 0.25) is 0 Å². The number of aliphatic carboxylic acids is 1. The quantitative estimate of drug-likeness (QED) is 0.367. The van der Waals surface area contributed by atoms with Gasteiger partial charge >= 0.3 is 5.97 Å². The number of carboxylic acid groups (broad SMARTS) is 1. The summed E-state index contributed by atoms with van der Waals surface area (Å²) in [4.78, 5) is 10.5. The fourth-order valence-corrected chi connectivity index (χ4v) is 1.50. The molecule has 0 radical (unpaired) electrons. The minimum Gasteiger partial charge on any atom is -0.500 e. The van der Waals surface area contributed by atoms with E-state index in [9.17, 15) is 4.79 Å². The van der Waals surface area contributed by atoms with Gasteiger partial charge in [0.2, 0.25) is 0 Å². The predicted molar refractivity (Wildman–Crippen MR) is 50.8 cm³/mol. The van der Waals surface area contributed by atoms with Crippen molar-refractivity contribution >= 4 is 28.6 Å². The molecule has 0 saturated carbocycles. The molecule has 0 aliphatic rings. The number of hydrogen-bond acceptors (Lipinski definition) is 2. The highest BCUT2D eigenvalue weighted by atomic mass is 127. The van der Waals surface area contributed by atoms with E-state index >= 15 is 0 Å². The molecule has 0 heterocycles. The Hall–Kier alpha value is -0.260. The van der Waals surface area contributed by atoms with E-state index in [0.717, 1.165) is 0 Å². The molecular weight excluding hydrogens is 259 g/mol. The highest BCUT2D eigenvalue weighted by molar-refractivity contribution is 14.1. The third-order valence-electron chi connectivity index (χ3n) is 1.32. The van der Waals surface area contributed by atoms with Crippen LogP contribution in [0.25, 0.3) is 0 Å². The third kappa shape index (κ3) is 3.09. The first-order valence-corrected chi connectivity index (χ1v) is 4.75. The first kappa shape index (κ1) is 10.7. The average Bonchev–Trinajstić information content (AvgIpc) is 1.99. The smallest absolute Gasteiger partial charge is 0.334 e. The van der Waals surface area contributed by atoms with Gasteiger partial charge in [0.15, 0.2) is 0 Å². The molecule has 11 heavy (non-hydrogen) atoms. The second-order valence-corrected chi connectivity index (χ2v) is 2.66. The zero-order chi connectivity index (χ0) is 8.85. The summed E-state index contributed by atoms with van der Waals surface area (Å²) >= 11 is 2.08. The van der Waals surface area contributed by atoms with Gasteiger partial charge in [0.05, 0.1) is 17.1 Å². The lowest BCUT2D eigenvalue weighted by atomic mass is 10.2. The van der Waals surface area contributed by atoms with Crippen molar-refractivity contribution in [1.29, 1.82) is 0 Å². The van der Waals surface area contributed by atoms with Gasteiger partial charge in [-0.05, 0) is 6.42 Å². The third-order valence-corrected chi connectivity index (χ3v) is 2.01. The lowest BCUT2D eigenvalue weighted by Crippen LogP contribution is -2.05. The van der Waals surface area contributed by atoms with E-state index in [1.807, 2.05) is 0 Å². The van der Waals surface area contributed by atoms with E-state index in [1.54, 1.807) is 6.92 Å². The predicted octanol–water partition coefficient (Wildman–Crippen LogP) is 1.82. The Morgan fingerprint density at radius 1 is 1.64 bits per heavy atom. The van der Waals surface area contributed by atoms with E-state index in [4.69, 9.17) is 9.84 Å². The fraction of sp³-hybridized carbons (Fsp3) is 0.571. The van der Waals surface area contributed by atoms with Crippen molar-refractivity contribution in [3.63, 3.8) is 0 Å². The maximum Gasteiger partial charge on any atom is 0.334 e. The monoisotopic (exact) mass is 270 g/mol. The Labute approximate surface area is 79.6 Å². The van der Waals surface area contributed by atoms with Crippen LogP contribution in [0.1, 0.15) is 13.3 Å². The molecule has 0 aromatic rings. The van der Waals surface area contributed by atoms with E-state index < -0.39 is 5.97 Å². The molecule has 0 rings (SSSR count). The van der Waals surface area contributed by atoms with Crippen molar-refractivity contribution in [3.05, 3.63) is 11.3 Å².